The van der Waals surface area contributed by atoms with Crippen LogP contribution >= 0.6 is 12.2 Å². The molecular formula is C18H28N6O2S. The number of ether oxygens (including phenoxy) is 1. The summed E-state index contributed by atoms with van der Waals surface area (Å²) in [5, 5.41) is 15.3. The van der Waals surface area contributed by atoms with Crippen molar-refractivity contribution in [3.8, 4) is 0 Å². The maximum Gasteiger partial charge on any atom is 0.361 e. The first-order valence-electron chi connectivity index (χ1n) is 9.14. The number of nitrogens with zero attached hydrogens (tertiary/aromatic N) is 4. The Hall–Kier alpha value is -2.42. The second-order valence-corrected chi connectivity index (χ2v) is 6.99. The van der Waals surface area contributed by atoms with E-state index in [4.69, 9.17) is 17.0 Å². The smallest absolute Gasteiger partial charge is 0.361 e. The molecule has 0 fully saturated rings. The molecule has 0 radical (unpaired) electrons. The van der Waals surface area contributed by atoms with Gasteiger partial charge in [-0.1, -0.05) is 0 Å². The summed E-state index contributed by atoms with van der Waals surface area (Å²) in [6, 6.07) is 2.06. The molecule has 0 amide bonds. The van der Waals surface area contributed by atoms with E-state index in [0.717, 1.165) is 24.4 Å². The van der Waals surface area contributed by atoms with Crippen molar-refractivity contribution in [1.82, 2.24) is 24.9 Å². The molecule has 9 heteroatoms. The summed E-state index contributed by atoms with van der Waals surface area (Å²) in [5.74, 6) is -0.466. The number of anilines is 1. The Bertz CT molecular complexity index is 796. The average Bonchev–Trinajstić information content (AvgIpc) is 3.13. The number of hydrogen-bond acceptors (Lipinski definition) is 5. The van der Waals surface area contributed by atoms with Crippen molar-refractivity contribution in [2.75, 3.05) is 11.9 Å². The maximum absolute atomic E-state index is 12.2. The van der Waals surface area contributed by atoms with Gasteiger partial charge in [-0.15, -0.1) is 0 Å². The van der Waals surface area contributed by atoms with Crippen LogP contribution in [0.1, 0.15) is 49.1 Å². The Kier molecular flexibility index (Phi) is 7.35. The summed E-state index contributed by atoms with van der Waals surface area (Å²) in [6.07, 6.45) is 2.41. The van der Waals surface area contributed by atoms with Crippen molar-refractivity contribution in [2.45, 2.75) is 60.2 Å². The van der Waals surface area contributed by atoms with Gasteiger partial charge in [0.1, 0.15) is 0 Å². The number of hydrogen-bond donors (Lipinski definition) is 2. The van der Waals surface area contributed by atoms with Gasteiger partial charge in [-0.2, -0.15) is 10.2 Å². The van der Waals surface area contributed by atoms with Crippen molar-refractivity contribution in [3.05, 3.63) is 29.3 Å². The first kappa shape index (κ1) is 20.9. The highest BCUT2D eigenvalue weighted by molar-refractivity contribution is 7.80. The predicted molar refractivity (Wildman–Crippen MR) is 109 cm³/mol. The minimum absolute atomic E-state index is 0.211. The standard InChI is InChI=1S/C18H28N6O2S/c1-6-23-11-15(16(22-23)17(25)26-12(2)3)20-18(27)19-8-7-9-24-14(5)10-13(4)21-24/h10-12H,6-9H2,1-5H3,(H2,19,20,27). The van der Waals surface area contributed by atoms with Crippen LogP contribution in [0.25, 0.3) is 0 Å². The van der Waals surface area contributed by atoms with E-state index in [1.54, 1.807) is 24.7 Å². The highest BCUT2D eigenvalue weighted by atomic mass is 32.1. The van der Waals surface area contributed by atoms with Crippen molar-refractivity contribution >= 4 is 29.0 Å². The first-order chi connectivity index (χ1) is 12.8. The van der Waals surface area contributed by atoms with Gasteiger partial charge in [0.05, 0.1) is 17.5 Å². The van der Waals surface area contributed by atoms with Gasteiger partial charge in [0.2, 0.25) is 0 Å². The number of aryl methyl sites for hydroxylation is 4. The minimum atomic E-state index is -0.466. The van der Waals surface area contributed by atoms with Crippen LogP contribution in [0.3, 0.4) is 0 Å². The highest BCUT2D eigenvalue weighted by Crippen LogP contribution is 2.16. The van der Waals surface area contributed by atoms with Crippen LogP contribution in [0, 0.1) is 13.8 Å². The van der Waals surface area contributed by atoms with Crippen LogP contribution in [0.4, 0.5) is 5.69 Å². The third kappa shape index (κ3) is 6.06. The lowest BCUT2D eigenvalue weighted by Crippen LogP contribution is -2.30. The monoisotopic (exact) mass is 392 g/mol. The van der Waals surface area contributed by atoms with Gasteiger partial charge < -0.3 is 15.4 Å². The fourth-order valence-corrected chi connectivity index (χ4v) is 2.81. The highest BCUT2D eigenvalue weighted by Gasteiger charge is 2.20. The summed E-state index contributed by atoms with van der Waals surface area (Å²) in [7, 11) is 0. The number of carbonyl (C=O) groups is 1. The zero-order chi connectivity index (χ0) is 20.0. The van der Waals surface area contributed by atoms with Gasteiger partial charge in [0, 0.05) is 31.5 Å². The summed E-state index contributed by atoms with van der Waals surface area (Å²) in [4.78, 5) is 12.2. The summed E-state index contributed by atoms with van der Waals surface area (Å²) >= 11 is 5.34. The average molecular weight is 393 g/mol. The van der Waals surface area contributed by atoms with E-state index in [2.05, 4.69) is 26.9 Å². The van der Waals surface area contributed by atoms with E-state index in [1.165, 1.54) is 0 Å². The van der Waals surface area contributed by atoms with Crippen LogP contribution < -0.4 is 10.6 Å². The third-order valence-corrected chi connectivity index (χ3v) is 4.05. The van der Waals surface area contributed by atoms with Gasteiger partial charge in [-0.25, -0.2) is 4.79 Å². The molecule has 27 heavy (non-hydrogen) atoms. The Morgan fingerprint density at radius 1 is 1.33 bits per heavy atom. The van der Waals surface area contributed by atoms with Crippen LogP contribution in [0.5, 0.6) is 0 Å². The fourth-order valence-electron chi connectivity index (χ4n) is 2.59. The van der Waals surface area contributed by atoms with Crippen molar-refractivity contribution < 1.29 is 9.53 Å². The zero-order valence-corrected chi connectivity index (χ0v) is 17.4. The predicted octanol–water partition coefficient (Wildman–Crippen LogP) is 2.66. The lowest BCUT2D eigenvalue weighted by molar-refractivity contribution is 0.0371. The van der Waals surface area contributed by atoms with E-state index in [1.807, 2.05) is 25.5 Å². The molecular weight excluding hydrogens is 364 g/mol. The number of nitrogens with one attached hydrogen (secondary N) is 2. The Morgan fingerprint density at radius 2 is 2.07 bits per heavy atom. The molecule has 2 heterocycles. The third-order valence-electron chi connectivity index (χ3n) is 3.81. The topological polar surface area (TPSA) is 86.0 Å². The lowest BCUT2D eigenvalue weighted by atomic mass is 10.3. The van der Waals surface area contributed by atoms with E-state index in [9.17, 15) is 4.79 Å². The van der Waals surface area contributed by atoms with E-state index < -0.39 is 5.97 Å². The Balaban J connectivity index is 1.88. The summed E-state index contributed by atoms with van der Waals surface area (Å²) in [6.45, 7) is 11.7. The number of carbonyl (C=O) groups excluding carboxylic acids is 1. The van der Waals surface area contributed by atoms with Gasteiger partial charge >= 0.3 is 5.97 Å². The second-order valence-electron chi connectivity index (χ2n) is 6.59. The molecule has 2 N–H and O–H groups in total. The van der Waals surface area contributed by atoms with Gasteiger partial charge in [-0.05, 0) is 59.3 Å². The molecule has 0 unspecified atom stereocenters. The zero-order valence-electron chi connectivity index (χ0n) is 16.6. The largest absolute Gasteiger partial charge is 0.458 e. The number of esters is 1. The lowest BCUT2D eigenvalue weighted by Gasteiger charge is -2.11. The second kappa shape index (κ2) is 9.50. The fraction of sp³-hybridized carbons (Fsp3) is 0.556. The Morgan fingerprint density at radius 3 is 2.67 bits per heavy atom. The minimum Gasteiger partial charge on any atom is -0.458 e. The molecule has 0 aromatic carbocycles. The van der Waals surface area contributed by atoms with Crippen LogP contribution in [-0.2, 0) is 17.8 Å². The van der Waals surface area contributed by atoms with Crippen molar-refractivity contribution in [1.29, 1.82) is 0 Å². The molecule has 0 aliphatic rings. The molecule has 0 saturated heterocycles. The summed E-state index contributed by atoms with van der Waals surface area (Å²) < 4.78 is 8.91. The van der Waals surface area contributed by atoms with E-state index in [-0.39, 0.29) is 11.8 Å². The number of aromatic nitrogens is 4. The molecule has 2 aromatic rings. The quantitative estimate of drug-likeness (QED) is 0.406. The molecule has 2 rings (SSSR count). The van der Waals surface area contributed by atoms with E-state index >= 15 is 0 Å². The number of thiocarbonyl (C=S) groups is 1. The van der Waals surface area contributed by atoms with Crippen molar-refractivity contribution in [3.63, 3.8) is 0 Å². The molecule has 8 nitrogen and oxygen atoms in total. The molecule has 0 saturated carbocycles. The van der Waals surface area contributed by atoms with Gasteiger partial charge in [0.25, 0.3) is 0 Å². The van der Waals surface area contributed by atoms with Crippen molar-refractivity contribution in [2.24, 2.45) is 0 Å². The molecule has 0 atom stereocenters. The first-order valence-corrected chi connectivity index (χ1v) is 9.55. The van der Waals surface area contributed by atoms with Crippen LogP contribution in [0.2, 0.25) is 0 Å². The number of rotatable bonds is 8. The Labute approximate surface area is 165 Å². The maximum atomic E-state index is 12.2. The molecule has 0 bridgehead atoms. The summed E-state index contributed by atoms with van der Waals surface area (Å²) in [5.41, 5.74) is 2.94. The van der Waals surface area contributed by atoms with Crippen LogP contribution in [-0.4, -0.2) is 43.3 Å². The molecule has 148 valence electrons. The molecule has 0 spiro atoms. The molecule has 0 aliphatic carbocycles. The SMILES string of the molecule is CCn1cc(NC(=S)NCCCn2nc(C)cc2C)c(C(=O)OC(C)C)n1. The molecule has 0 aliphatic heterocycles. The normalized spacial score (nSPS) is 10.9. The van der Waals surface area contributed by atoms with Crippen LogP contribution in [0.15, 0.2) is 12.3 Å². The van der Waals surface area contributed by atoms with Gasteiger partial charge in [-0.3, -0.25) is 9.36 Å². The van der Waals surface area contributed by atoms with E-state index in [0.29, 0.717) is 23.9 Å². The molecule has 2 aromatic heterocycles. The van der Waals surface area contributed by atoms with Gasteiger partial charge in [0.15, 0.2) is 10.8 Å².